The molecule has 3 rings (SSSR count). The van der Waals surface area contributed by atoms with E-state index in [4.69, 9.17) is 9.41 Å². The Morgan fingerprint density at radius 3 is 2.70 bits per heavy atom. The summed E-state index contributed by atoms with van der Waals surface area (Å²) < 4.78 is 5.39. The van der Waals surface area contributed by atoms with Gasteiger partial charge in [0.2, 0.25) is 0 Å². The molecule has 0 atom stereocenters. The first-order valence-electron chi connectivity index (χ1n) is 10.7. The van der Waals surface area contributed by atoms with Crippen LogP contribution in [-0.4, -0.2) is 49.1 Å². The number of furan rings is 1. The summed E-state index contributed by atoms with van der Waals surface area (Å²) >= 11 is 0. The first kappa shape index (κ1) is 20.0. The van der Waals surface area contributed by atoms with Crippen molar-refractivity contribution in [2.75, 3.05) is 26.2 Å². The monoisotopic (exact) mass is 372 g/mol. The molecule has 1 aliphatic carbocycles. The smallest absolute Gasteiger partial charge is 0.191 e. The fraction of sp³-hybridized carbons (Fsp3) is 0.682. The third-order valence-corrected chi connectivity index (χ3v) is 5.99. The van der Waals surface area contributed by atoms with E-state index in [1.54, 1.807) is 6.26 Å². The van der Waals surface area contributed by atoms with Crippen molar-refractivity contribution in [3.05, 3.63) is 36.8 Å². The third-order valence-electron chi connectivity index (χ3n) is 5.99. The zero-order valence-corrected chi connectivity index (χ0v) is 16.8. The van der Waals surface area contributed by atoms with Crippen molar-refractivity contribution in [3.8, 4) is 0 Å². The van der Waals surface area contributed by atoms with E-state index in [-0.39, 0.29) is 0 Å². The molecule has 2 N–H and O–H groups in total. The van der Waals surface area contributed by atoms with E-state index in [1.807, 2.05) is 18.2 Å². The number of hydrogen-bond donors (Lipinski definition) is 2. The lowest BCUT2D eigenvalue weighted by molar-refractivity contribution is 0.105. The number of guanidine groups is 1. The first-order valence-corrected chi connectivity index (χ1v) is 10.7. The van der Waals surface area contributed by atoms with Gasteiger partial charge in [-0.15, -0.1) is 6.58 Å². The Kier molecular flexibility index (Phi) is 7.81. The lowest BCUT2D eigenvalue weighted by Gasteiger charge is -2.40. The molecule has 1 aliphatic heterocycles. The van der Waals surface area contributed by atoms with E-state index in [9.17, 15) is 0 Å². The van der Waals surface area contributed by atoms with Crippen molar-refractivity contribution in [2.24, 2.45) is 10.9 Å². The molecule has 1 aromatic heterocycles. The maximum atomic E-state index is 5.39. The average Bonchev–Trinajstić information content (AvgIpc) is 3.21. The summed E-state index contributed by atoms with van der Waals surface area (Å²) in [6.45, 7) is 10.2. The minimum Gasteiger partial charge on any atom is -0.469 e. The predicted molar refractivity (Wildman–Crippen MR) is 112 cm³/mol. The molecule has 1 saturated heterocycles. The van der Waals surface area contributed by atoms with E-state index in [2.05, 4.69) is 29.0 Å². The highest BCUT2D eigenvalue weighted by molar-refractivity contribution is 5.80. The van der Waals surface area contributed by atoms with Crippen LogP contribution in [0.5, 0.6) is 0 Å². The maximum absolute atomic E-state index is 5.39. The molecule has 1 aromatic rings. The van der Waals surface area contributed by atoms with Gasteiger partial charge in [0, 0.05) is 31.6 Å². The van der Waals surface area contributed by atoms with Gasteiger partial charge in [0.05, 0.1) is 6.26 Å². The number of nitrogens with zero attached hydrogens (tertiary/aromatic N) is 2. The highest BCUT2D eigenvalue weighted by atomic mass is 16.3. The Balaban J connectivity index is 1.44. The predicted octanol–water partition coefficient (Wildman–Crippen LogP) is 3.59. The number of rotatable bonds is 7. The van der Waals surface area contributed by atoms with Crippen LogP contribution in [0.1, 0.15) is 51.2 Å². The fourth-order valence-corrected chi connectivity index (χ4v) is 4.23. The van der Waals surface area contributed by atoms with Crippen LogP contribution in [0.4, 0.5) is 0 Å². The summed E-state index contributed by atoms with van der Waals surface area (Å²) in [6.07, 6.45) is 12.2. The van der Waals surface area contributed by atoms with Crippen LogP contribution in [0.25, 0.3) is 0 Å². The molecule has 0 bridgehead atoms. The van der Waals surface area contributed by atoms with Gasteiger partial charge < -0.3 is 20.0 Å². The second kappa shape index (κ2) is 10.5. The number of likely N-dealkylation sites (tertiary alicyclic amines) is 1. The van der Waals surface area contributed by atoms with Gasteiger partial charge in [-0.05, 0) is 69.7 Å². The highest BCUT2D eigenvalue weighted by Gasteiger charge is 2.28. The summed E-state index contributed by atoms with van der Waals surface area (Å²) in [6, 6.07) is 5.23. The van der Waals surface area contributed by atoms with Crippen molar-refractivity contribution in [2.45, 2.75) is 64.0 Å². The van der Waals surface area contributed by atoms with Gasteiger partial charge in [-0.1, -0.05) is 13.0 Å². The van der Waals surface area contributed by atoms with Gasteiger partial charge in [-0.25, -0.2) is 0 Å². The summed E-state index contributed by atoms with van der Waals surface area (Å²) in [7, 11) is 0. The second-order valence-corrected chi connectivity index (χ2v) is 8.10. The molecule has 0 radical (unpaired) electrons. The summed E-state index contributed by atoms with van der Waals surface area (Å²) in [5.41, 5.74) is 0. The second-order valence-electron chi connectivity index (χ2n) is 8.10. The SMILES string of the molecule is C=CCNC(=NCCc1ccco1)NC1CCC(N2CCC(C)CC2)CC1. The summed E-state index contributed by atoms with van der Waals surface area (Å²) in [5, 5.41) is 7.00. The molecule has 0 amide bonds. The lowest BCUT2D eigenvalue weighted by Crippen LogP contribution is -2.49. The zero-order valence-electron chi connectivity index (χ0n) is 16.8. The molecule has 150 valence electrons. The van der Waals surface area contributed by atoms with Gasteiger partial charge >= 0.3 is 0 Å². The minimum absolute atomic E-state index is 0.518. The molecule has 5 nitrogen and oxygen atoms in total. The van der Waals surface area contributed by atoms with Crippen molar-refractivity contribution in [3.63, 3.8) is 0 Å². The molecule has 0 aromatic carbocycles. The van der Waals surface area contributed by atoms with Crippen LogP contribution >= 0.6 is 0 Å². The van der Waals surface area contributed by atoms with Gasteiger partial charge in [0.1, 0.15) is 5.76 Å². The van der Waals surface area contributed by atoms with E-state index in [1.165, 1.54) is 51.6 Å². The normalized spacial score (nSPS) is 25.3. The van der Waals surface area contributed by atoms with Crippen LogP contribution in [-0.2, 0) is 6.42 Å². The Labute approximate surface area is 164 Å². The number of piperidine rings is 1. The van der Waals surface area contributed by atoms with E-state index >= 15 is 0 Å². The van der Waals surface area contributed by atoms with Crippen LogP contribution in [0, 0.1) is 5.92 Å². The molecule has 2 fully saturated rings. The topological polar surface area (TPSA) is 52.8 Å². The van der Waals surface area contributed by atoms with Crippen LogP contribution in [0.3, 0.4) is 0 Å². The number of hydrogen-bond acceptors (Lipinski definition) is 3. The standard InChI is InChI=1S/C22H36N4O/c1-3-13-23-22(24-14-10-21-5-4-17-27-21)25-19-6-8-20(9-7-19)26-15-11-18(2)12-16-26/h3-5,17-20H,1,6-16H2,2H3,(H2,23,24,25). The van der Waals surface area contributed by atoms with Crippen molar-refractivity contribution >= 4 is 5.96 Å². The zero-order chi connectivity index (χ0) is 18.9. The third kappa shape index (κ3) is 6.42. The Bertz CT molecular complexity index is 567. The van der Waals surface area contributed by atoms with Crippen molar-refractivity contribution in [1.82, 2.24) is 15.5 Å². The molecule has 27 heavy (non-hydrogen) atoms. The van der Waals surface area contributed by atoms with Crippen LogP contribution in [0.15, 0.2) is 40.5 Å². The van der Waals surface area contributed by atoms with E-state index < -0.39 is 0 Å². The molecular formula is C22H36N4O. The summed E-state index contributed by atoms with van der Waals surface area (Å²) in [4.78, 5) is 7.46. The van der Waals surface area contributed by atoms with Crippen LogP contribution in [0.2, 0.25) is 0 Å². The quantitative estimate of drug-likeness (QED) is 0.436. The van der Waals surface area contributed by atoms with E-state index in [0.717, 1.165) is 43.2 Å². The summed E-state index contributed by atoms with van der Waals surface area (Å²) in [5.74, 6) is 2.80. The molecule has 1 saturated carbocycles. The molecular weight excluding hydrogens is 336 g/mol. The Morgan fingerprint density at radius 2 is 2.04 bits per heavy atom. The van der Waals surface area contributed by atoms with Gasteiger partial charge in [0.15, 0.2) is 5.96 Å². The van der Waals surface area contributed by atoms with Crippen LogP contribution < -0.4 is 10.6 Å². The molecule has 5 heteroatoms. The lowest BCUT2D eigenvalue weighted by atomic mass is 9.88. The number of aliphatic imine (C=N–C) groups is 1. The molecule has 2 heterocycles. The Morgan fingerprint density at radius 1 is 1.26 bits per heavy atom. The van der Waals surface area contributed by atoms with Gasteiger partial charge in [-0.2, -0.15) is 0 Å². The minimum atomic E-state index is 0.518. The largest absolute Gasteiger partial charge is 0.469 e. The molecule has 0 spiro atoms. The fourth-order valence-electron chi connectivity index (χ4n) is 4.23. The highest BCUT2D eigenvalue weighted by Crippen LogP contribution is 2.27. The van der Waals surface area contributed by atoms with E-state index in [0.29, 0.717) is 6.04 Å². The molecule has 2 aliphatic rings. The maximum Gasteiger partial charge on any atom is 0.191 e. The molecule has 0 unspecified atom stereocenters. The van der Waals surface area contributed by atoms with Crippen molar-refractivity contribution in [1.29, 1.82) is 0 Å². The first-order chi connectivity index (χ1) is 13.2. The van der Waals surface area contributed by atoms with Gasteiger partial charge in [0.25, 0.3) is 0 Å². The van der Waals surface area contributed by atoms with Crippen molar-refractivity contribution < 1.29 is 4.42 Å². The Hall–Kier alpha value is -1.75. The number of nitrogens with one attached hydrogen (secondary N) is 2. The van der Waals surface area contributed by atoms with Gasteiger partial charge in [-0.3, -0.25) is 4.99 Å². The average molecular weight is 373 g/mol.